The molecule has 358 valence electrons. The number of carbonyl (C=O) groups excluding carboxylic acids is 4. The summed E-state index contributed by atoms with van der Waals surface area (Å²) in [5.74, 6) is -2.50. The summed E-state index contributed by atoms with van der Waals surface area (Å²) in [6.07, 6.45) is 11.4. The molecule has 4 aliphatic rings. The van der Waals surface area contributed by atoms with Crippen LogP contribution in [0.4, 0.5) is 13.2 Å². The minimum atomic E-state index is -4.64. The molecule has 2 aliphatic heterocycles. The Labute approximate surface area is 389 Å². The van der Waals surface area contributed by atoms with Gasteiger partial charge in [-0.25, -0.2) is 0 Å². The first-order valence-electron chi connectivity index (χ1n) is 24.8. The molecular weight excluding hydrogens is 842 g/mol. The van der Waals surface area contributed by atoms with Gasteiger partial charge in [-0.05, 0) is 55.1 Å². The van der Waals surface area contributed by atoms with E-state index in [-0.39, 0.29) is 78.9 Å². The Morgan fingerprint density at radius 2 is 1.11 bits per heavy atom. The molecule has 0 spiro atoms. The van der Waals surface area contributed by atoms with Gasteiger partial charge < -0.3 is 20.9 Å². The van der Waals surface area contributed by atoms with E-state index >= 15 is 0 Å². The highest BCUT2D eigenvalue weighted by Crippen LogP contribution is 2.43. The van der Waals surface area contributed by atoms with Gasteiger partial charge in [0.15, 0.2) is 0 Å². The molecule has 7 rings (SSSR count). The van der Waals surface area contributed by atoms with Crippen molar-refractivity contribution in [3.8, 4) is 0 Å². The second-order valence-electron chi connectivity index (χ2n) is 19.4. The van der Waals surface area contributed by atoms with E-state index in [1.165, 1.54) is 91.9 Å². The summed E-state index contributed by atoms with van der Waals surface area (Å²) in [6.45, 7) is 3.06. The van der Waals surface area contributed by atoms with Crippen molar-refractivity contribution in [2.45, 2.75) is 139 Å². The molecule has 10 nitrogen and oxygen atoms in total. The zero-order valence-corrected chi connectivity index (χ0v) is 39.0. The summed E-state index contributed by atoms with van der Waals surface area (Å²) in [6, 6.07) is 22.5. The standard InChI is InChI=1S/C53H71F3N6O4/c1-3-4-5-6-7-8-9-10-11-12-13-20-29-57-51(65)47-36-61(31-30-60(47)2)48(53(54,55)56)39-25-27-40(28-26-39)52(66)62-34-43(49(63)58-45-32-41(45)37-21-16-14-17-22-37)44(35-62)50(64)59-46-33-42(46)38-23-18-15-19-24-38/h14-19,21-28,41-48H,3-13,20,29-36H2,1-2H3,(H,57,65)(H,58,63)(H,59,64)/t41-,42-,43-,44-,45+,46+,47-,48?/m1/s1. The maximum atomic E-state index is 15.0. The van der Waals surface area contributed by atoms with E-state index in [0.29, 0.717) is 13.1 Å². The molecule has 4 fully saturated rings. The maximum Gasteiger partial charge on any atom is 0.408 e. The molecule has 13 heteroatoms. The Kier molecular flexibility index (Phi) is 17.4. The van der Waals surface area contributed by atoms with Crippen molar-refractivity contribution < 1.29 is 32.3 Å². The Balaban J connectivity index is 0.932. The summed E-state index contributed by atoms with van der Waals surface area (Å²) in [7, 11) is 1.77. The number of hydrogen-bond acceptors (Lipinski definition) is 6. The lowest BCUT2D eigenvalue weighted by atomic mass is 9.94. The van der Waals surface area contributed by atoms with Gasteiger partial charge in [-0.2, -0.15) is 13.2 Å². The zero-order valence-electron chi connectivity index (χ0n) is 39.0. The Hall–Kier alpha value is -4.75. The van der Waals surface area contributed by atoms with Gasteiger partial charge in [0.1, 0.15) is 12.1 Å². The van der Waals surface area contributed by atoms with Crippen molar-refractivity contribution in [1.82, 2.24) is 30.7 Å². The number of nitrogens with zero attached hydrogens (tertiary/aromatic N) is 3. The molecule has 3 N–H and O–H groups in total. The number of amides is 4. The minimum Gasteiger partial charge on any atom is -0.355 e. The second-order valence-corrected chi connectivity index (χ2v) is 19.4. The molecule has 0 aromatic heterocycles. The van der Waals surface area contributed by atoms with Crippen LogP contribution in [0.15, 0.2) is 84.9 Å². The first-order valence-corrected chi connectivity index (χ1v) is 24.8. The number of piperazine rings is 1. The molecule has 2 aliphatic carbocycles. The number of hydrogen-bond donors (Lipinski definition) is 3. The largest absolute Gasteiger partial charge is 0.408 e. The van der Waals surface area contributed by atoms with Gasteiger partial charge in [-0.1, -0.05) is 150 Å². The number of rotatable bonds is 23. The molecule has 1 unspecified atom stereocenters. The van der Waals surface area contributed by atoms with E-state index in [1.807, 2.05) is 65.6 Å². The number of likely N-dealkylation sites (tertiary alicyclic amines) is 1. The van der Waals surface area contributed by atoms with Crippen LogP contribution in [-0.2, 0) is 14.4 Å². The van der Waals surface area contributed by atoms with Crippen molar-refractivity contribution in [2.75, 3.05) is 46.3 Å². The lowest BCUT2D eigenvalue weighted by Gasteiger charge is -2.42. The summed E-state index contributed by atoms with van der Waals surface area (Å²) < 4.78 is 44.9. The van der Waals surface area contributed by atoms with E-state index in [4.69, 9.17) is 0 Å². The fourth-order valence-electron chi connectivity index (χ4n) is 10.2. The highest BCUT2D eigenvalue weighted by Gasteiger charge is 2.50. The predicted molar refractivity (Wildman–Crippen MR) is 252 cm³/mol. The SMILES string of the molecule is CCCCCCCCCCCCCCNC(=O)[C@H]1CN(C(c2ccc(C(=O)N3C[C@@H](C(=O)N[C@H]4C[C@@H]4c4ccccc4)[C@H](C(=O)N[C@H]4C[C@@H]4c4ccccc4)C3)cc2)C(F)(F)F)CCN1C. The summed E-state index contributed by atoms with van der Waals surface area (Å²) in [5, 5.41) is 9.27. The Morgan fingerprint density at radius 1 is 0.621 bits per heavy atom. The van der Waals surface area contributed by atoms with Crippen molar-refractivity contribution in [2.24, 2.45) is 11.8 Å². The number of nitrogens with one attached hydrogen (secondary N) is 3. The first-order chi connectivity index (χ1) is 31.9. The zero-order chi connectivity index (χ0) is 46.6. The van der Waals surface area contributed by atoms with Gasteiger partial charge in [-0.3, -0.25) is 29.0 Å². The van der Waals surface area contributed by atoms with Crippen LogP contribution in [0, 0.1) is 11.8 Å². The molecule has 2 saturated heterocycles. The summed E-state index contributed by atoms with van der Waals surface area (Å²) in [4.78, 5) is 59.9. The topological polar surface area (TPSA) is 114 Å². The number of carbonyl (C=O) groups is 4. The van der Waals surface area contributed by atoms with Crippen molar-refractivity contribution >= 4 is 23.6 Å². The quantitative estimate of drug-likeness (QED) is 0.0821. The molecule has 66 heavy (non-hydrogen) atoms. The molecule has 0 bridgehead atoms. The van der Waals surface area contributed by atoms with Crippen LogP contribution in [0.1, 0.15) is 142 Å². The lowest BCUT2D eigenvalue weighted by Crippen LogP contribution is -2.59. The molecule has 0 radical (unpaired) electrons. The van der Waals surface area contributed by atoms with Crippen LogP contribution in [0.5, 0.6) is 0 Å². The van der Waals surface area contributed by atoms with Crippen molar-refractivity contribution in [1.29, 1.82) is 0 Å². The normalized spacial score (nSPS) is 24.7. The van der Waals surface area contributed by atoms with Gasteiger partial charge >= 0.3 is 6.18 Å². The second kappa shape index (κ2) is 23.3. The Bertz CT molecular complexity index is 1960. The molecule has 8 atom stereocenters. The third-order valence-corrected chi connectivity index (χ3v) is 14.4. The molecule has 3 aromatic rings. The lowest BCUT2D eigenvalue weighted by molar-refractivity contribution is -0.193. The highest BCUT2D eigenvalue weighted by atomic mass is 19.4. The van der Waals surface area contributed by atoms with Gasteiger partial charge in [0.25, 0.3) is 5.91 Å². The average Bonchev–Trinajstić information content (AvgIpc) is 4.23. The number of benzene rings is 3. The average molecular weight is 913 g/mol. The first kappa shape index (κ1) is 49.2. The van der Waals surface area contributed by atoms with Crippen LogP contribution in [0.3, 0.4) is 0 Å². The minimum absolute atomic E-state index is 0.00917. The van der Waals surface area contributed by atoms with Gasteiger partial charge in [-0.15, -0.1) is 0 Å². The van der Waals surface area contributed by atoms with Crippen molar-refractivity contribution in [3.05, 3.63) is 107 Å². The van der Waals surface area contributed by atoms with E-state index in [9.17, 15) is 32.3 Å². The van der Waals surface area contributed by atoms with Crippen molar-refractivity contribution in [3.63, 3.8) is 0 Å². The molecule has 4 amide bonds. The number of halogens is 3. The maximum absolute atomic E-state index is 15.0. The number of unbranched alkanes of at least 4 members (excludes halogenated alkanes) is 11. The number of alkyl halides is 3. The fraction of sp³-hybridized carbons (Fsp3) is 0.585. The van der Waals surface area contributed by atoms with Crippen LogP contribution >= 0.6 is 0 Å². The monoisotopic (exact) mass is 913 g/mol. The molecule has 3 aromatic carbocycles. The Morgan fingerprint density at radius 3 is 1.59 bits per heavy atom. The van der Waals surface area contributed by atoms with Crippen LogP contribution in [0.25, 0.3) is 0 Å². The van der Waals surface area contributed by atoms with Crippen LogP contribution < -0.4 is 16.0 Å². The fourth-order valence-corrected chi connectivity index (χ4v) is 10.2. The third kappa shape index (κ3) is 13.2. The highest BCUT2D eigenvalue weighted by molar-refractivity contribution is 5.97. The molecular formula is C53H71F3N6O4. The van der Waals surface area contributed by atoms with E-state index in [2.05, 4.69) is 22.9 Å². The smallest absolute Gasteiger partial charge is 0.355 e. The number of likely N-dealkylation sites (N-methyl/N-ethyl adjacent to an activating group) is 1. The molecule has 2 saturated carbocycles. The van der Waals surface area contributed by atoms with E-state index < -0.39 is 36.0 Å². The van der Waals surface area contributed by atoms with Gasteiger partial charge in [0, 0.05) is 68.8 Å². The van der Waals surface area contributed by atoms with Gasteiger partial charge in [0.2, 0.25) is 17.7 Å². The van der Waals surface area contributed by atoms with Crippen LogP contribution in [0.2, 0.25) is 0 Å². The van der Waals surface area contributed by atoms with E-state index in [1.54, 1.807) is 7.05 Å². The third-order valence-electron chi connectivity index (χ3n) is 14.4. The predicted octanol–water partition coefficient (Wildman–Crippen LogP) is 8.76. The van der Waals surface area contributed by atoms with Crippen LogP contribution in [-0.4, -0.2) is 109 Å². The summed E-state index contributed by atoms with van der Waals surface area (Å²) in [5.41, 5.74) is 2.42. The van der Waals surface area contributed by atoms with E-state index in [0.717, 1.165) is 43.2 Å². The van der Waals surface area contributed by atoms with Gasteiger partial charge in [0.05, 0.1) is 11.8 Å². The summed E-state index contributed by atoms with van der Waals surface area (Å²) >= 11 is 0. The molecule has 2 heterocycles.